The minimum atomic E-state index is -0.557. The molecule has 5 nitrogen and oxygen atoms in total. The highest BCUT2D eigenvalue weighted by Gasteiger charge is 2.18. The Labute approximate surface area is 102 Å². The van der Waals surface area contributed by atoms with Gasteiger partial charge in [0.25, 0.3) is 0 Å². The second kappa shape index (κ2) is 7.95. The summed E-state index contributed by atoms with van der Waals surface area (Å²) < 4.78 is 0. The molecule has 17 heavy (non-hydrogen) atoms. The van der Waals surface area contributed by atoms with Gasteiger partial charge in [0.15, 0.2) is 5.78 Å². The molecule has 0 saturated carbocycles. The highest BCUT2D eigenvalue weighted by Crippen LogP contribution is 2.05. The molecule has 0 rings (SSSR count). The quantitative estimate of drug-likeness (QED) is 0.641. The number of ketones is 2. The fourth-order valence-electron chi connectivity index (χ4n) is 1.36. The summed E-state index contributed by atoms with van der Waals surface area (Å²) in [7, 11) is 1.66. The van der Waals surface area contributed by atoms with Crippen molar-refractivity contribution in [2.75, 3.05) is 13.6 Å². The first-order valence-corrected chi connectivity index (χ1v) is 5.85. The highest BCUT2D eigenvalue weighted by atomic mass is 16.2. The van der Waals surface area contributed by atoms with Crippen molar-refractivity contribution in [1.82, 2.24) is 10.6 Å². The van der Waals surface area contributed by atoms with Gasteiger partial charge in [0.1, 0.15) is 5.78 Å². The fraction of sp³-hybridized carbons (Fsp3) is 0.750. The normalized spacial score (nSPS) is 12.3. The topological polar surface area (TPSA) is 75.3 Å². The Balaban J connectivity index is 4.21. The number of Topliss-reactive ketones (excluding diaryl/α,β-unsaturated/α-hetero) is 2. The zero-order chi connectivity index (χ0) is 13.4. The van der Waals surface area contributed by atoms with E-state index in [0.717, 1.165) is 0 Å². The molecule has 1 amide bonds. The monoisotopic (exact) mass is 242 g/mol. The van der Waals surface area contributed by atoms with Crippen LogP contribution in [-0.4, -0.2) is 37.1 Å². The van der Waals surface area contributed by atoms with E-state index in [1.807, 2.05) is 13.8 Å². The van der Waals surface area contributed by atoms with Gasteiger partial charge in [-0.15, -0.1) is 0 Å². The molecule has 1 unspecified atom stereocenters. The minimum absolute atomic E-state index is 0.0318. The van der Waals surface area contributed by atoms with Gasteiger partial charge < -0.3 is 10.6 Å². The number of likely N-dealkylation sites (N-methyl/N-ethyl adjacent to an activating group) is 1. The maximum Gasteiger partial charge on any atom is 0.234 e. The fourth-order valence-corrected chi connectivity index (χ4v) is 1.36. The molecule has 0 aromatic carbocycles. The molecule has 0 spiro atoms. The SMILES string of the molecule is CNCC(=O)NC(CCC(=O)C(C)C)C(C)=O. The van der Waals surface area contributed by atoms with Crippen molar-refractivity contribution in [3.63, 3.8) is 0 Å². The maximum atomic E-state index is 11.4. The predicted octanol–water partition coefficient (Wildman–Crippen LogP) is 0.285. The van der Waals surface area contributed by atoms with Gasteiger partial charge in [-0.05, 0) is 20.4 Å². The summed E-state index contributed by atoms with van der Waals surface area (Å²) in [5, 5.41) is 5.31. The summed E-state index contributed by atoms with van der Waals surface area (Å²) in [6.07, 6.45) is 0.698. The Morgan fingerprint density at radius 1 is 1.18 bits per heavy atom. The van der Waals surface area contributed by atoms with E-state index in [-0.39, 0.29) is 29.9 Å². The van der Waals surface area contributed by atoms with Crippen molar-refractivity contribution in [3.8, 4) is 0 Å². The lowest BCUT2D eigenvalue weighted by Crippen LogP contribution is -2.43. The van der Waals surface area contributed by atoms with Crippen LogP contribution in [0.15, 0.2) is 0 Å². The molecule has 0 aromatic rings. The van der Waals surface area contributed by atoms with Crippen LogP contribution in [0.1, 0.15) is 33.6 Å². The molecule has 0 aromatic heterocycles. The minimum Gasteiger partial charge on any atom is -0.345 e. The van der Waals surface area contributed by atoms with Crippen LogP contribution in [-0.2, 0) is 14.4 Å². The van der Waals surface area contributed by atoms with Gasteiger partial charge in [-0.25, -0.2) is 0 Å². The number of hydrogen-bond acceptors (Lipinski definition) is 4. The van der Waals surface area contributed by atoms with Crippen LogP contribution in [0.3, 0.4) is 0 Å². The van der Waals surface area contributed by atoms with Crippen molar-refractivity contribution >= 4 is 17.5 Å². The molecule has 0 aliphatic heterocycles. The number of amides is 1. The summed E-state index contributed by atoms with van der Waals surface area (Å²) in [5.41, 5.74) is 0. The van der Waals surface area contributed by atoms with Crippen LogP contribution >= 0.6 is 0 Å². The second-order valence-corrected chi connectivity index (χ2v) is 4.42. The van der Waals surface area contributed by atoms with Gasteiger partial charge >= 0.3 is 0 Å². The number of hydrogen-bond donors (Lipinski definition) is 2. The smallest absolute Gasteiger partial charge is 0.234 e. The number of carbonyl (C=O) groups is 3. The molecule has 1 atom stereocenters. The van der Waals surface area contributed by atoms with Gasteiger partial charge in [0.2, 0.25) is 5.91 Å². The van der Waals surface area contributed by atoms with Gasteiger partial charge in [-0.1, -0.05) is 13.8 Å². The molecule has 0 radical (unpaired) electrons. The van der Waals surface area contributed by atoms with Crippen LogP contribution in [0.25, 0.3) is 0 Å². The summed E-state index contributed by atoms with van der Waals surface area (Å²) in [6, 6.07) is -0.557. The lowest BCUT2D eigenvalue weighted by molar-refractivity contribution is -0.127. The third-order valence-electron chi connectivity index (χ3n) is 2.49. The van der Waals surface area contributed by atoms with Crippen LogP contribution in [0.2, 0.25) is 0 Å². The van der Waals surface area contributed by atoms with Crippen molar-refractivity contribution in [1.29, 1.82) is 0 Å². The van der Waals surface area contributed by atoms with Gasteiger partial charge in [0.05, 0.1) is 12.6 Å². The Morgan fingerprint density at radius 3 is 2.18 bits per heavy atom. The van der Waals surface area contributed by atoms with E-state index in [0.29, 0.717) is 12.8 Å². The summed E-state index contributed by atoms with van der Waals surface area (Å²) in [4.78, 5) is 34.1. The third-order valence-corrected chi connectivity index (χ3v) is 2.49. The Hall–Kier alpha value is -1.23. The molecular weight excluding hydrogens is 220 g/mol. The Bertz CT molecular complexity index is 287. The zero-order valence-corrected chi connectivity index (χ0v) is 11.0. The molecule has 0 saturated heterocycles. The average Bonchev–Trinajstić information content (AvgIpc) is 2.23. The first kappa shape index (κ1) is 15.8. The van der Waals surface area contributed by atoms with E-state index in [1.54, 1.807) is 7.05 Å². The number of nitrogens with one attached hydrogen (secondary N) is 2. The highest BCUT2D eigenvalue weighted by molar-refractivity contribution is 5.89. The van der Waals surface area contributed by atoms with Gasteiger partial charge in [0, 0.05) is 12.3 Å². The first-order chi connectivity index (χ1) is 7.88. The molecule has 0 bridgehead atoms. The summed E-state index contributed by atoms with van der Waals surface area (Å²) >= 11 is 0. The Kier molecular flexibility index (Phi) is 7.37. The van der Waals surface area contributed by atoms with E-state index in [1.165, 1.54) is 6.92 Å². The zero-order valence-electron chi connectivity index (χ0n) is 11.0. The molecule has 5 heteroatoms. The van der Waals surface area contributed by atoms with E-state index < -0.39 is 6.04 Å². The van der Waals surface area contributed by atoms with E-state index in [2.05, 4.69) is 10.6 Å². The van der Waals surface area contributed by atoms with E-state index in [9.17, 15) is 14.4 Å². The van der Waals surface area contributed by atoms with Crippen molar-refractivity contribution in [2.45, 2.75) is 39.7 Å². The van der Waals surface area contributed by atoms with Crippen molar-refractivity contribution < 1.29 is 14.4 Å². The molecule has 0 aliphatic carbocycles. The van der Waals surface area contributed by atoms with Crippen molar-refractivity contribution in [3.05, 3.63) is 0 Å². The molecule has 0 heterocycles. The van der Waals surface area contributed by atoms with Crippen molar-refractivity contribution in [2.24, 2.45) is 5.92 Å². The van der Waals surface area contributed by atoms with Gasteiger partial charge in [-0.2, -0.15) is 0 Å². The lowest BCUT2D eigenvalue weighted by Gasteiger charge is -2.16. The van der Waals surface area contributed by atoms with Crippen LogP contribution in [0, 0.1) is 5.92 Å². The first-order valence-electron chi connectivity index (χ1n) is 5.85. The average molecular weight is 242 g/mol. The number of carbonyl (C=O) groups excluding carboxylic acids is 3. The van der Waals surface area contributed by atoms with Crippen LogP contribution < -0.4 is 10.6 Å². The van der Waals surface area contributed by atoms with E-state index in [4.69, 9.17) is 0 Å². The van der Waals surface area contributed by atoms with Gasteiger partial charge in [-0.3, -0.25) is 14.4 Å². The lowest BCUT2D eigenvalue weighted by atomic mass is 10.00. The molecular formula is C12H22N2O3. The molecule has 98 valence electrons. The number of rotatable bonds is 8. The summed E-state index contributed by atoms with van der Waals surface area (Å²) in [6.45, 7) is 5.24. The predicted molar refractivity (Wildman–Crippen MR) is 65.6 cm³/mol. The standard InChI is InChI=1S/C12H22N2O3/c1-8(2)11(16)6-5-10(9(3)15)14-12(17)7-13-4/h8,10,13H,5-7H2,1-4H3,(H,14,17). The maximum absolute atomic E-state index is 11.4. The van der Waals surface area contributed by atoms with Crippen LogP contribution in [0.4, 0.5) is 0 Å². The molecule has 0 fully saturated rings. The second-order valence-electron chi connectivity index (χ2n) is 4.42. The third kappa shape index (κ3) is 6.84. The van der Waals surface area contributed by atoms with E-state index >= 15 is 0 Å². The Morgan fingerprint density at radius 2 is 1.76 bits per heavy atom. The molecule has 2 N–H and O–H groups in total. The summed E-state index contributed by atoms with van der Waals surface area (Å²) in [5.74, 6) is -0.273. The largest absolute Gasteiger partial charge is 0.345 e. The van der Waals surface area contributed by atoms with Crippen LogP contribution in [0.5, 0.6) is 0 Å². The molecule has 0 aliphatic rings.